The lowest BCUT2D eigenvalue weighted by Gasteiger charge is -2.16. The molecule has 148 valence electrons. The van der Waals surface area contributed by atoms with Crippen LogP contribution in [0.25, 0.3) is 0 Å². The number of amides is 2. The fraction of sp³-hybridized carbons (Fsp3) is 0.286. The lowest BCUT2D eigenvalue weighted by atomic mass is 10.0. The zero-order valence-electron chi connectivity index (χ0n) is 16.2. The number of benzene rings is 2. The fourth-order valence-corrected chi connectivity index (χ4v) is 2.46. The summed E-state index contributed by atoms with van der Waals surface area (Å²) in [5.74, 6) is -1.21. The summed E-state index contributed by atoms with van der Waals surface area (Å²) in [5.41, 5.74) is 8.57. The van der Waals surface area contributed by atoms with Crippen LogP contribution in [0.1, 0.15) is 40.0 Å². The third kappa shape index (κ3) is 6.12. The van der Waals surface area contributed by atoms with Crippen molar-refractivity contribution in [3.05, 3.63) is 64.7 Å². The van der Waals surface area contributed by atoms with E-state index >= 15 is 0 Å². The van der Waals surface area contributed by atoms with Crippen LogP contribution in [0.3, 0.4) is 0 Å². The van der Waals surface area contributed by atoms with E-state index < -0.39 is 11.9 Å². The van der Waals surface area contributed by atoms with Crippen molar-refractivity contribution in [3.63, 3.8) is 0 Å². The highest BCUT2D eigenvalue weighted by Gasteiger charge is 2.14. The van der Waals surface area contributed by atoms with Crippen LogP contribution in [0.5, 0.6) is 5.75 Å². The van der Waals surface area contributed by atoms with Crippen LogP contribution in [0.4, 0.5) is 0 Å². The molecule has 7 nitrogen and oxygen atoms in total. The Kier molecular flexibility index (Phi) is 7.14. The van der Waals surface area contributed by atoms with E-state index in [0.29, 0.717) is 5.75 Å². The topological polar surface area (TPSA) is 108 Å². The molecule has 0 fully saturated rings. The smallest absolute Gasteiger partial charge is 0.338 e. The number of nitrogens with two attached hydrogens (primary N) is 1. The molecule has 2 rings (SSSR count). The first kappa shape index (κ1) is 21.0. The van der Waals surface area contributed by atoms with Gasteiger partial charge in [-0.05, 0) is 61.7 Å². The molecule has 1 atom stereocenters. The van der Waals surface area contributed by atoms with Gasteiger partial charge in [-0.25, -0.2) is 4.79 Å². The number of esters is 1. The van der Waals surface area contributed by atoms with Crippen LogP contribution in [0.2, 0.25) is 0 Å². The Hall–Kier alpha value is -3.35. The molecule has 28 heavy (non-hydrogen) atoms. The Bertz CT molecular complexity index is 862. The Balaban J connectivity index is 1.83. The SMILES string of the molecule is Cc1ccc([C@H](C)NC(=O)COC(=O)c2ccc(OCC(N)=O)cc2)cc1C. The molecule has 0 radical (unpaired) electrons. The molecule has 0 aromatic heterocycles. The summed E-state index contributed by atoms with van der Waals surface area (Å²) in [6, 6.07) is 11.8. The van der Waals surface area contributed by atoms with Crippen LogP contribution in [-0.4, -0.2) is 31.0 Å². The van der Waals surface area contributed by atoms with Crippen LogP contribution in [0.15, 0.2) is 42.5 Å². The van der Waals surface area contributed by atoms with E-state index in [1.54, 1.807) is 0 Å². The average molecular weight is 384 g/mol. The monoisotopic (exact) mass is 384 g/mol. The molecular formula is C21H24N2O5. The van der Waals surface area contributed by atoms with Crippen molar-refractivity contribution in [1.82, 2.24) is 5.32 Å². The Labute approximate surface area is 163 Å². The maximum Gasteiger partial charge on any atom is 0.338 e. The maximum absolute atomic E-state index is 12.1. The minimum atomic E-state index is -0.629. The quantitative estimate of drug-likeness (QED) is 0.679. The summed E-state index contributed by atoms with van der Waals surface area (Å²) < 4.78 is 10.2. The van der Waals surface area contributed by atoms with Gasteiger partial charge in [0.1, 0.15) is 5.75 Å². The van der Waals surface area contributed by atoms with Gasteiger partial charge in [-0.3, -0.25) is 9.59 Å². The summed E-state index contributed by atoms with van der Waals surface area (Å²) in [5, 5.41) is 2.81. The number of carbonyl (C=O) groups is 3. The van der Waals surface area contributed by atoms with Crippen molar-refractivity contribution < 1.29 is 23.9 Å². The van der Waals surface area contributed by atoms with E-state index in [1.165, 1.54) is 29.8 Å². The van der Waals surface area contributed by atoms with E-state index in [-0.39, 0.29) is 30.7 Å². The maximum atomic E-state index is 12.1. The molecule has 0 aliphatic carbocycles. The number of hydrogen-bond acceptors (Lipinski definition) is 5. The van der Waals surface area contributed by atoms with Gasteiger partial charge in [-0.2, -0.15) is 0 Å². The number of nitrogens with one attached hydrogen (secondary N) is 1. The molecule has 0 saturated heterocycles. The second-order valence-corrected chi connectivity index (χ2v) is 6.49. The van der Waals surface area contributed by atoms with Crippen molar-refractivity contribution in [2.75, 3.05) is 13.2 Å². The zero-order chi connectivity index (χ0) is 20.7. The predicted molar refractivity (Wildman–Crippen MR) is 104 cm³/mol. The van der Waals surface area contributed by atoms with Gasteiger partial charge in [0.2, 0.25) is 0 Å². The summed E-state index contributed by atoms with van der Waals surface area (Å²) in [6.45, 7) is 5.28. The molecule has 7 heteroatoms. The molecule has 0 heterocycles. The van der Waals surface area contributed by atoms with Crippen LogP contribution in [0, 0.1) is 13.8 Å². The summed E-state index contributed by atoms with van der Waals surface area (Å²) in [6.07, 6.45) is 0. The predicted octanol–water partition coefficient (Wildman–Crippen LogP) is 2.20. The van der Waals surface area contributed by atoms with Crippen molar-refractivity contribution >= 4 is 17.8 Å². The third-order valence-electron chi connectivity index (χ3n) is 4.21. The minimum absolute atomic E-state index is 0.202. The van der Waals surface area contributed by atoms with Crippen molar-refractivity contribution in [2.45, 2.75) is 26.8 Å². The van der Waals surface area contributed by atoms with E-state index in [0.717, 1.165) is 11.1 Å². The van der Waals surface area contributed by atoms with Crippen molar-refractivity contribution in [1.29, 1.82) is 0 Å². The molecule has 3 N–H and O–H groups in total. The third-order valence-corrected chi connectivity index (χ3v) is 4.21. The number of ether oxygens (including phenoxy) is 2. The highest BCUT2D eigenvalue weighted by atomic mass is 16.5. The lowest BCUT2D eigenvalue weighted by molar-refractivity contribution is -0.125. The summed E-state index contributed by atoms with van der Waals surface area (Å²) in [7, 11) is 0. The van der Waals surface area contributed by atoms with Crippen LogP contribution >= 0.6 is 0 Å². The van der Waals surface area contributed by atoms with Gasteiger partial charge in [-0.1, -0.05) is 18.2 Å². The second-order valence-electron chi connectivity index (χ2n) is 6.49. The summed E-state index contributed by atoms with van der Waals surface area (Å²) >= 11 is 0. The molecule has 0 bridgehead atoms. The first-order chi connectivity index (χ1) is 13.3. The summed E-state index contributed by atoms with van der Waals surface area (Å²) in [4.78, 5) is 34.8. The Morgan fingerprint density at radius 1 is 1.00 bits per heavy atom. The van der Waals surface area contributed by atoms with Gasteiger partial charge < -0.3 is 20.5 Å². The zero-order valence-corrected chi connectivity index (χ0v) is 16.2. The van der Waals surface area contributed by atoms with Gasteiger partial charge in [0, 0.05) is 0 Å². The fourth-order valence-electron chi connectivity index (χ4n) is 2.46. The number of primary amides is 1. The molecule has 0 spiro atoms. The van der Waals surface area contributed by atoms with E-state index in [4.69, 9.17) is 15.2 Å². The number of aryl methyl sites for hydroxylation is 2. The largest absolute Gasteiger partial charge is 0.484 e. The number of rotatable bonds is 8. The van der Waals surface area contributed by atoms with Gasteiger partial charge in [0.05, 0.1) is 11.6 Å². The van der Waals surface area contributed by atoms with Gasteiger partial charge >= 0.3 is 5.97 Å². The highest BCUT2D eigenvalue weighted by molar-refractivity contribution is 5.91. The first-order valence-electron chi connectivity index (χ1n) is 8.81. The van der Waals surface area contributed by atoms with Gasteiger partial charge in [0.25, 0.3) is 11.8 Å². The standard InChI is InChI=1S/C21H24N2O5/c1-13-4-5-17(10-14(13)2)15(3)23-20(25)12-28-21(26)16-6-8-18(9-7-16)27-11-19(22)24/h4-10,15H,11-12H2,1-3H3,(H2,22,24)(H,23,25)/t15-/m0/s1. The highest BCUT2D eigenvalue weighted by Crippen LogP contribution is 2.17. The lowest BCUT2D eigenvalue weighted by Crippen LogP contribution is -2.31. The normalized spacial score (nSPS) is 11.4. The van der Waals surface area contributed by atoms with Gasteiger partial charge in [0.15, 0.2) is 13.2 Å². The number of hydrogen-bond donors (Lipinski definition) is 2. The molecule has 0 unspecified atom stereocenters. The number of carbonyl (C=O) groups excluding carboxylic acids is 3. The molecule has 0 saturated carbocycles. The van der Waals surface area contributed by atoms with Gasteiger partial charge in [-0.15, -0.1) is 0 Å². The van der Waals surface area contributed by atoms with Crippen molar-refractivity contribution in [3.8, 4) is 5.75 Å². The second kappa shape index (κ2) is 9.55. The van der Waals surface area contributed by atoms with Crippen LogP contribution < -0.4 is 15.8 Å². The Morgan fingerprint density at radius 2 is 1.68 bits per heavy atom. The molecule has 2 aromatic rings. The first-order valence-corrected chi connectivity index (χ1v) is 8.81. The average Bonchev–Trinajstić information content (AvgIpc) is 2.66. The Morgan fingerprint density at radius 3 is 2.29 bits per heavy atom. The molecular weight excluding hydrogens is 360 g/mol. The van der Waals surface area contributed by atoms with E-state index in [2.05, 4.69) is 5.32 Å². The molecule has 2 amide bonds. The van der Waals surface area contributed by atoms with E-state index in [1.807, 2.05) is 39.0 Å². The van der Waals surface area contributed by atoms with E-state index in [9.17, 15) is 14.4 Å². The molecule has 0 aliphatic rings. The molecule has 2 aromatic carbocycles. The van der Waals surface area contributed by atoms with Crippen molar-refractivity contribution in [2.24, 2.45) is 5.73 Å². The molecule has 0 aliphatic heterocycles. The van der Waals surface area contributed by atoms with Crippen LogP contribution in [-0.2, 0) is 14.3 Å². The minimum Gasteiger partial charge on any atom is -0.484 e.